The van der Waals surface area contributed by atoms with E-state index in [0.717, 1.165) is 64.8 Å². The maximum atomic E-state index is 12.6. The maximum absolute atomic E-state index is 12.6. The highest BCUT2D eigenvalue weighted by Gasteiger charge is 2.32. The number of nitrogens with one attached hydrogen (secondary N) is 1. The van der Waals surface area contributed by atoms with E-state index in [4.69, 9.17) is 0 Å². The number of halogens is 1. The van der Waals surface area contributed by atoms with E-state index in [1.165, 1.54) is 12.8 Å². The Morgan fingerprint density at radius 1 is 0.917 bits per heavy atom. The molecule has 0 spiro atoms. The third-order valence-corrected chi connectivity index (χ3v) is 5.77. The summed E-state index contributed by atoms with van der Waals surface area (Å²) >= 11 is 0. The lowest BCUT2D eigenvalue weighted by molar-refractivity contribution is -0.140. The molecule has 1 unspecified atom stereocenters. The van der Waals surface area contributed by atoms with Gasteiger partial charge in [-0.25, -0.2) is 0 Å². The lowest BCUT2D eigenvalue weighted by Gasteiger charge is -2.34. The Balaban J connectivity index is 0.00000208. The van der Waals surface area contributed by atoms with E-state index >= 15 is 0 Å². The summed E-state index contributed by atoms with van der Waals surface area (Å²) in [4.78, 5) is 29.0. The Kier molecular flexibility index (Phi) is 7.82. The molecule has 6 heteroatoms. The van der Waals surface area contributed by atoms with Crippen molar-refractivity contribution in [2.45, 2.75) is 51.4 Å². The van der Waals surface area contributed by atoms with Crippen molar-refractivity contribution in [3.63, 3.8) is 0 Å². The molecule has 1 N–H and O–H groups in total. The van der Waals surface area contributed by atoms with Crippen molar-refractivity contribution in [2.24, 2.45) is 11.8 Å². The number of amides is 2. The van der Waals surface area contributed by atoms with Crippen LogP contribution < -0.4 is 5.32 Å². The fourth-order valence-electron chi connectivity index (χ4n) is 4.26. The number of likely N-dealkylation sites (tertiary alicyclic amines) is 2. The van der Waals surface area contributed by atoms with Crippen molar-refractivity contribution in [1.82, 2.24) is 15.1 Å². The van der Waals surface area contributed by atoms with Crippen LogP contribution in [0.5, 0.6) is 0 Å². The predicted molar refractivity (Wildman–Crippen MR) is 97.2 cm³/mol. The summed E-state index contributed by atoms with van der Waals surface area (Å²) < 4.78 is 0. The number of rotatable bonds is 4. The van der Waals surface area contributed by atoms with Crippen LogP contribution in [0.15, 0.2) is 0 Å². The zero-order valence-electron chi connectivity index (χ0n) is 14.7. The van der Waals surface area contributed by atoms with Crippen LogP contribution in [0.2, 0.25) is 0 Å². The first kappa shape index (κ1) is 19.5. The van der Waals surface area contributed by atoms with Gasteiger partial charge in [0.25, 0.3) is 0 Å². The predicted octanol–water partition coefficient (Wildman–Crippen LogP) is 2.05. The lowest BCUT2D eigenvalue weighted by atomic mass is 9.92. The van der Waals surface area contributed by atoms with E-state index in [2.05, 4.69) is 5.32 Å². The number of piperidine rings is 2. The molecule has 3 aliphatic heterocycles. The second-order valence-electron chi connectivity index (χ2n) is 7.44. The fourth-order valence-corrected chi connectivity index (χ4v) is 4.26. The van der Waals surface area contributed by atoms with E-state index in [0.29, 0.717) is 24.8 Å². The maximum Gasteiger partial charge on any atom is 0.227 e. The zero-order valence-corrected chi connectivity index (χ0v) is 15.5. The quantitative estimate of drug-likeness (QED) is 0.837. The van der Waals surface area contributed by atoms with Crippen molar-refractivity contribution in [2.75, 3.05) is 39.3 Å². The number of carbonyl (C=O) groups excluding carboxylic acids is 2. The van der Waals surface area contributed by atoms with Crippen LogP contribution in [-0.2, 0) is 9.59 Å². The third-order valence-electron chi connectivity index (χ3n) is 5.77. The van der Waals surface area contributed by atoms with E-state index in [1.807, 2.05) is 9.80 Å². The van der Waals surface area contributed by atoms with Gasteiger partial charge in [0.2, 0.25) is 11.8 Å². The average molecular weight is 358 g/mol. The highest BCUT2D eigenvalue weighted by molar-refractivity contribution is 5.85. The summed E-state index contributed by atoms with van der Waals surface area (Å²) in [7, 11) is 0. The molecule has 0 bridgehead atoms. The van der Waals surface area contributed by atoms with E-state index < -0.39 is 0 Å². The van der Waals surface area contributed by atoms with Gasteiger partial charge in [-0.2, -0.15) is 0 Å². The molecule has 0 aliphatic carbocycles. The van der Waals surface area contributed by atoms with Gasteiger partial charge in [-0.3, -0.25) is 9.59 Å². The molecule has 138 valence electrons. The molecule has 0 aromatic rings. The van der Waals surface area contributed by atoms with Gasteiger partial charge in [0.15, 0.2) is 0 Å². The molecule has 24 heavy (non-hydrogen) atoms. The summed E-state index contributed by atoms with van der Waals surface area (Å²) in [6.45, 7) is 5.51. The van der Waals surface area contributed by atoms with Gasteiger partial charge < -0.3 is 15.1 Å². The van der Waals surface area contributed by atoms with Crippen LogP contribution in [0.1, 0.15) is 51.4 Å². The van der Waals surface area contributed by atoms with Crippen LogP contribution in [0.3, 0.4) is 0 Å². The molecule has 3 rings (SSSR count). The van der Waals surface area contributed by atoms with Gasteiger partial charge >= 0.3 is 0 Å². The van der Waals surface area contributed by atoms with E-state index in [-0.39, 0.29) is 24.2 Å². The highest BCUT2D eigenvalue weighted by Crippen LogP contribution is 2.23. The first-order valence-corrected chi connectivity index (χ1v) is 9.51. The molecule has 0 saturated carbocycles. The summed E-state index contributed by atoms with van der Waals surface area (Å²) in [6.07, 6.45) is 8.27. The second kappa shape index (κ2) is 9.62. The number of hydrogen-bond donors (Lipinski definition) is 1. The van der Waals surface area contributed by atoms with E-state index in [1.54, 1.807) is 0 Å². The molecule has 2 amide bonds. The molecule has 3 saturated heterocycles. The van der Waals surface area contributed by atoms with Gasteiger partial charge in [-0.15, -0.1) is 12.4 Å². The topological polar surface area (TPSA) is 52.7 Å². The average Bonchev–Trinajstić information content (AvgIpc) is 3.14. The van der Waals surface area contributed by atoms with E-state index in [9.17, 15) is 9.59 Å². The summed E-state index contributed by atoms with van der Waals surface area (Å²) in [5, 5.41) is 3.37. The molecule has 1 atom stereocenters. The third kappa shape index (κ3) is 5.09. The van der Waals surface area contributed by atoms with Gasteiger partial charge in [-0.05, 0) is 64.0 Å². The summed E-state index contributed by atoms with van der Waals surface area (Å²) in [6, 6.07) is 0. The van der Waals surface area contributed by atoms with Crippen molar-refractivity contribution in [3.05, 3.63) is 0 Å². The molecule has 3 fully saturated rings. The Bertz CT molecular complexity index is 420. The van der Waals surface area contributed by atoms with Crippen molar-refractivity contribution < 1.29 is 9.59 Å². The van der Waals surface area contributed by atoms with Gasteiger partial charge in [0.05, 0.1) is 5.92 Å². The first-order chi connectivity index (χ1) is 11.2. The fraction of sp³-hybridized carbons (Fsp3) is 0.889. The molecule has 0 radical (unpaired) electrons. The molecule has 0 aromatic carbocycles. The summed E-state index contributed by atoms with van der Waals surface area (Å²) in [5.74, 6) is 1.30. The Hall–Kier alpha value is -0.810. The SMILES string of the molecule is Cl.O=C(CCC1CCNCC1)N1CCCC(C(=O)N2CCCC2)C1. The van der Waals surface area contributed by atoms with Gasteiger partial charge in [-0.1, -0.05) is 0 Å². The van der Waals surface area contributed by atoms with Crippen molar-refractivity contribution >= 4 is 24.2 Å². The van der Waals surface area contributed by atoms with Gasteiger partial charge in [0, 0.05) is 32.6 Å². The van der Waals surface area contributed by atoms with Crippen LogP contribution >= 0.6 is 12.4 Å². The molecule has 5 nitrogen and oxygen atoms in total. The first-order valence-electron chi connectivity index (χ1n) is 9.51. The lowest BCUT2D eigenvalue weighted by Crippen LogP contribution is -2.46. The highest BCUT2D eigenvalue weighted by atomic mass is 35.5. The normalized spacial score (nSPS) is 25.4. The monoisotopic (exact) mass is 357 g/mol. The minimum Gasteiger partial charge on any atom is -0.342 e. The number of nitrogens with zero attached hydrogens (tertiary/aromatic N) is 2. The molecule has 3 heterocycles. The number of hydrogen-bond acceptors (Lipinski definition) is 3. The van der Waals surface area contributed by atoms with Crippen LogP contribution in [-0.4, -0.2) is 60.9 Å². The Morgan fingerprint density at radius 3 is 2.29 bits per heavy atom. The van der Waals surface area contributed by atoms with Gasteiger partial charge in [0.1, 0.15) is 0 Å². The Morgan fingerprint density at radius 2 is 1.58 bits per heavy atom. The molecule has 0 aromatic heterocycles. The summed E-state index contributed by atoms with van der Waals surface area (Å²) in [5.41, 5.74) is 0. The van der Waals surface area contributed by atoms with Crippen molar-refractivity contribution in [1.29, 1.82) is 0 Å². The largest absolute Gasteiger partial charge is 0.342 e. The second-order valence-corrected chi connectivity index (χ2v) is 7.44. The smallest absolute Gasteiger partial charge is 0.227 e. The van der Waals surface area contributed by atoms with Crippen LogP contribution in [0.4, 0.5) is 0 Å². The zero-order chi connectivity index (χ0) is 16.1. The van der Waals surface area contributed by atoms with Crippen LogP contribution in [0, 0.1) is 11.8 Å². The minimum atomic E-state index is 0. The number of carbonyl (C=O) groups is 2. The Labute approximate surface area is 151 Å². The minimum absolute atomic E-state index is 0. The molecule has 3 aliphatic rings. The molecular weight excluding hydrogens is 326 g/mol. The van der Waals surface area contributed by atoms with Crippen LogP contribution in [0.25, 0.3) is 0 Å². The van der Waals surface area contributed by atoms with Crippen molar-refractivity contribution in [3.8, 4) is 0 Å². The standard InChI is InChI=1S/C18H31N3O2.ClH/c22-17(6-5-15-7-9-19-10-8-15)21-13-3-4-16(14-21)18(23)20-11-1-2-12-20;/h15-16,19H,1-14H2;1H. The molecular formula is C18H32ClN3O2.